The Morgan fingerprint density at radius 3 is 2.48 bits per heavy atom. The van der Waals surface area contributed by atoms with Gasteiger partial charge in [-0.25, -0.2) is 14.2 Å². The Bertz CT molecular complexity index is 2200. The van der Waals surface area contributed by atoms with Crippen molar-refractivity contribution in [2.75, 3.05) is 20.0 Å². The first-order valence-electron chi connectivity index (χ1n) is 15.0. The van der Waals surface area contributed by atoms with Crippen LogP contribution < -0.4 is 24.4 Å². The minimum Gasteiger partial charge on any atom is -0.493 e. The SMILES string of the molecule is CCOC(=O)C1=C(c2ccccc2)N=c2s/c(=C\c3cc(Cl)c(OCc4ccccc4F)c(OC)c3)c(=O)n2[C@@H]1c1ccc(SC)cc1. The number of thiazole rings is 1. The topological polar surface area (TPSA) is 79.1 Å². The first kappa shape index (κ1) is 33.3. The Balaban J connectivity index is 1.50. The van der Waals surface area contributed by atoms with E-state index in [4.69, 9.17) is 30.8 Å². The summed E-state index contributed by atoms with van der Waals surface area (Å²) >= 11 is 9.45. The van der Waals surface area contributed by atoms with Gasteiger partial charge >= 0.3 is 5.97 Å². The molecule has 4 aromatic carbocycles. The molecule has 0 saturated carbocycles. The van der Waals surface area contributed by atoms with Crippen LogP contribution in [0.2, 0.25) is 5.02 Å². The zero-order chi connectivity index (χ0) is 33.8. The molecule has 11 heteroatoms. The van der Waals surface area contributed by atoms with Crippen LogP contribution in [0.4, 0.5) is 4.39 Å². The fraction of sp³-hybridized carbons (Fsp3) is 0.162. The number of aromatic nitrogens is 1. The van der Waals surface area contributed by atoms with Crippen LogP contribution in [0.15, 0.2) is 111 Å². The summed E-state index contributed by atoms with van der Waals surface area (Å²) in [7, 11) is 1.48. The monoisotopic (exact) mass is 700 g/mol. The predicted molar refractivity (Wildman–Crippen MR) is 188 cm³/mol. The number of thioether (sulfide) groups is 1. The summed E-state index contributed by atoms with van der Waals surface area (Å²) in [6.45, 7) is 1.86. The van der Waals surface area contributed by atoms with Crippen molar-refractivity contribution in [2.24, 2.45) is 4.99 Å². The lowest BCUT2D eigenvalue weighted by molar-refractivity contribution is -0.138. The lowest BCUT2D eigenvalue weighted by atomic mass is 9.93. The third-order valence-electron chi connectivity index (χ3n) is 7.68. The zero-order valence-corrected chi connectivity index (χ0v) is 28.6. The Morgan fingerprint density at radius 1 is 1.06 bits per heavy atom. The van der Waals surface area contributed by atoms with Gasteiger partial charge in [0, 0.05) is 16.0 Å². The summed E-state index contributed by atoms with van der Waals surface area (Å²) in [5.41, 5.74) is 2.81. The van der Waals surface area contributed by atoms with Gasteiger partial charge in [0.2, 0.25) is 0 Å². The molecule has 2 heterocycles. The van der Waals surface area contributed by atoms with E-state index in [0.717, 1.165) is 16.0 Å². The van der Waals surface area contributed by atoms with E-state index in [1.807, 2.05) is 60.9 Å². The highest BCUT2D eigenvalue weighted by molar-refractivity contribution is 7.98. The summed E-state index contributed by atoms with van der Waals surface area (Å²) in [5, 5.41) is 0.229. The second-order valence-electron chi connectivity index (χ2n) is 10.6. The number of esters is 1. The molecular weight excluding hydrogens is 671 g/mol. The Labute approximate surface area is 289 Å². The van der Waals surface area contributed by atoms with E-state index in [1.165, 1.54) is 24.5 Å². The van der Waals surface area contributed by atoms with E-state index in [1.54, 1.807) is 59.7 Å². The average Bonchev–Trinajstić information content (AvgIpc) is 3.41. The van der Waals surface area contributed by atoms with Crippen LogP contribution in [0, 0.1) is 5.82 Å². The van der Waals surface area contributed by atoms with Gasteiger partial charge in [-0.15, -0.1) is 11.8 Å². The quantitative estimate of drug-likeness (QED) is 0.115. The van der Waals surface area contributed by atoms with Crippen molar-refractivity contribution in [3.8, 4) is 11.5 Å². The third kappa shape index (κ3) is 6.69. The number of hydrogen-bond donors (Lipinski definition) is 0. The third-order valence-corrected chi connectivity index (χ3v) is 9.69. The van der Waals surface area contributed by atoms with Crippen molar-refractivity contribution in [1.29, 1.82) is 0 Å². The number of hydrogen-bond acceptors (Lipinski definition) is 8. The minimum atomic E-state index is -0.791. The maximum Gasteiger partial charge on any atom is 0.338 e. The maximum absolute atomic E-state index is 14.3. The first-order valence-corrected chi connectivity index (χ1v) is 17.4. The van der Waals surface area contributed by atoms with Gasteiger partial charge in [-0.2, -0.15) is 0 Å². The molecule has 0 saturated heterocycles. The van der Waals surface area contributed by atoms with Crippen molar-refractivity contribution in [2.45, 2.75) is 24.5 Å². The molecule has 6 rings (SSSR count). The molecule has 0 fully saturated rings. The highest BCUT2D eigenvalue weighted by Gasteiger charge is 2.35. The van der Waals surface area contributed by atoms with Crippen molar-refractivity contribution < 1.29 is 23.4 Å². The molecule has 0 radical (unpaired) electrons. The largest absolute Gasteiger partial charge is 0.493 e. The van der Waals surface area contributed by atoms with Gasteiger partial charge in [0.1, 0.15) is 12.4 Å². The molecule has 1 aliphatic rings. The first-order chi connectivity index (χ1) is 23.3. The number of halogens is 2. The Kier molecular flexibility index (Phi) is 10.1. The van der Waals surface area contributed by atoms with Crippen LogP contribution >= 0.6 is 34.7 Å². The number of fused-ring (bicyclic) bond motifs is 1. The smallest absolute Gasteiger partial charge is 0.338 e. The molecule has 0 unspecified atom stereocenters. The molecule has 0 spiro atoms. The number of ether oxygens (including phenoxy) is 3. The second-order valence-corrected chi connectivity index (χ2v) is 12.9. The van der Waals surface area contributed by atoms with E-state index in [0.29, 0.717) is 31.9 Å². The number of carbonyl (C=O) groups excluding carboxylic acids is 1. The van der Waals surface area contributed by atoms with E-state index in [9.17, 15) is 14.0 Å². The van der Waals surface area contributed by atoms with Crippen molar-refractivity contribution in [1.82, 2.24) is 4.57 Å². The standard InChI is InChI=1S/C37H30ClFN2O5S2/c1-4-45-36(43)31-32(23-10-6-5-7-11-23)40-37-41(33(31)24-14-16-26(47-3)17-15-24)35(42)30(48-37)20-22-18-27(38)34(29(19-22)44-2)46-21-25-12-8-9-13-28(25)39/h5-20,33H,4,21H2,1-3H3/b30-20-/t33-/m1/s1. The maximum atomic E-state index is 14.3. The summed E-state index contributed by atoms with van der Waals surface area (Å²) in [6, 6.07) is 26.0. The molecule has 1 atom stereocenters. The van der Waals surface area contributed by atoms with E-state index < -0.39 is 12.0 Å². The minimum absolute atomic E-state index is 0.0504. The van der Waals surface area contributed by atoms with Crippen LogP contribution in [0.3, 0.4) is 0 Å². The molecule has 1 aromatic heterocycles. The fourth-order valence-corrected chi connectivity index (χ4v) is 7.10. The highest BCUT2D eigenvalue weighted by Crippen LogP contribution is 2.38. The second kappa shape index (κ2) is 14.6. The zero-order valence-electron chi connectivity index (χ0n) is 26.2. The van der Waals surface area contributed by atoms with E-state index in [-0.39, 0.29) is 40.9 Å². The molecular formula is C37H30ClFN2O5S2. The van der Waals surface area contributed by atoms with Gasteiger partial charge in [0.15, 0.2) is 16.3 Å². The van der Waals surface area contributed by atoms with Crippen molar-refractivity contribution in [3.63, 3.8) is 0 Å². The van der Waals surface area contributed by atoms with Gasteiger partial charge in [0.05, 0.1) is 40.6 Å². The van der Waals surface area contributed by atoms with Gasteiger partial charge in [0.25, 0.3) is 5.56 Å². The number of nitrogens with zero attached hydrogens (tertiary/aromatic N) is 2. The van der Waals surface area contributed by atoms with Gasteiger partial charge in [-0.05, 0) is 60.7 Å². The summed E-state index contributed by atoms with van der Waals surface area (Å²) in [4.78, 5) is 34.3. The summed E-state index contributed by atoms with van der Waals surface area (Å²) < 4.78 is 33.1. The van der Waals surface area contributed by atoms with Crippen LogP contribution in [-0.4, -0.2) is 30.5 Å². The van der Waals surface area contributed by atoms with E-state index in [2.05, 4.69) is 0 Å². The molecule has 0 bridgehead atoms. The van der Waals surface area contributed by atoms with Crippen molar-refractivity contribution >= 4 is 52.4 Å². The molecule has 244 valence electrons. The number of methoxy groups -OCH3 is 1. The average molecular weight is 701 g/mol. The predicted octanol–water partition coefficient (Wildman–Crippen LogP) is 7.04. The number of carbonyl (C=O) groups is 1. The van der Waals surface area contributed by atoms with Gasteiger partial charge < -0.3 is 14.2 Å². The highest BCUT2D eigenvalue weighted by atomic mass is 35.5. The lowest BCUT2D eigenvalue weighted by Gasteiger charge is -2.26. The number of rotatable bonds is 10. The van der Waals surface area contributed by atoms with Crippen LogP contribution in [0.25, 0.3) is 11.8 Å². The van der Waals surface area contributed by atoms with Gasteiger partial charge in [-0.1, -0.05) is 83.6 Å². The van der Waals surface area contributed by atoms with Crippen LogP contribution in [0.1, 0.15) is 35.2 Å². The van der Waals surface area contributed by atoms with Crippen LogP contribution in [0.5, 0.6) is 11.5 Å². The fourth-order valence-electron chi connectivity index (χ4n) is 5.42. The molecule has 5 aromatic rings. The molecule has 7 nitrogen and oxygen atoms in total. The molecule has 0 N–H and O–H groups in total. The van der Waals surface area contributed by atoms with Crippen LogP contribution in [-0.2, 0) is 16.1 Å². The summed E-state index contributed by atoms with van der Waals surface area (Å²) in [6.07, 6.45) is 3.68. The Hall–Kier alpha value is -4.64. The Morgan fingerprint density at radius 2 is 1.79 bits per heavy atom. The van der Waals surface area contributed by atoms with E-state index >= 15 is 0 Å². The molecule has 48 heavy (non-hydrogen) atoms. The van der Waals surface area contributed by atoms with Gasteiger partial charge in [-0.3, -0.25) is 9.36 Å². The lowest BCUT2D eigenvalue weighted by Crippen LogP contribution is -2.40. The normalized spacial score (nSPS) is 14.4. The molecule has 0 aliphatic carbocycles. The molecule has 1 aliphatic heterocycles. The molecule has 0 amide bonds. The number of benzene rings is 4. The summed E-state index contributed by atoms with van der Waals surface area (Å²) in [5.74, 6) is -0.364. The van der Waals surface area contributed by atoms with Crippen molar-refractivity contribution in [3.05, 3.63) is 149 Å².